The number of ether oxygens (including phenoxy) is 1. The van der Waals surface area contributed by atoms with Gasteiger partial charge in [-0.25, -0.2) is 4.39 Å². The molecule has 0 aliphatic carbocycles. The number of benzene rings is 2. The number of halogens is 1. The van der Waals surface area contributed by atoms with E-state index in [0.29, 0.717) is 13.2 Å². The summed E-state index contributed by atoms with van der Waals surface area (Å²) in [5.41, 5.74) is 1.74. The van der Waals surface area contributed by atoms with E-state index in [4.69, 9.17) is 9.16 Å². The van der Waals surface area contributed by atoms with Crippen molar-refractivity contribution in [2.24, 2.45) is 0 Å². The zero-order valence-corrected chi connectivity index (χ0v) is 18.3. The van der Waals surface area contributed by atoms with Gasteiger partial charge in [-0.2, -0.15) is 0 Å². The van der Waals surface area contributed by atoms with Crippen LogP contribution in [0.5, 0.6) is 5.75 Å². The maximum absolute atomic E-state index is 14.3. The fraction of sp³-hybridized carbons (Fsp3) is 0.455. The van der Waals surface area contributed by atoms with Gasteiger partial charge in [-0.15, -0.1) is 0 Å². The van der Waals surface area contributed by atoms with Crippen LogP contribution in [-0.4, -0.2) is 21.0 Å². The van der Waals surface area contributed by atoms with Gasteiger partial charge in [0.25, 0.3) is 0 Å². The smallest absolute Gasteiger partial charge is 0.192 e. The number of hydrogen-bond acceptors (Lipinski definition) is 3. The van der Waals surface area contributed by atoms with Crippen molar-refractivity contribution in [1.82, 2.24) is 0 Å². The summed E-state index contributed by atoms with van der Waals surface area (Å²) >= 11 is 0. The van der Waals surface area contributed by atoms with Crippen LogP contribution in [0.3, 0.4) is 0 Å². The minimum Gasteiger partial charge on any atom is -0.486 e. The first-order valence-electron chi connectivity index (χ1n) is 9.46. The highest BCUT2D eigenvalue weighted by Crippen LogP contribution is 2.37. The van der Waals surface area contributed by atoms with Crippen molar-refractivity contribution in [2.75, 3.05) is 11.9 Å². The van der Waals surface area contributed by atoms with Gasteiger partial charge in [0.1, 0.15) is 6.61 Å². The molecule has 2 rings (SSSR count). The summed E-state index contributed by atoms with van der Waals surface area (Å²) < 4.78 is 26.2. The first-order chi connectivity index (χ1) is 12.6. The van der Waals surface area contributed by atoms with E-state index in [-0.39, 0.29) is 22.7 Å². The van der Waals surface area contributed by atoms with Crippen molar-refractivity contribution in [3.05, 3.63) is 59.9 Å². The van der Waals surface area contributed by atoms with E-state index in [1.807, 2.05) is 36.4 Å². The number of nitrogens with one attached hydrogen (secondary N) is 1. The molecular weight excluding hydrogens is 357 g/mol. The second kappa shape index (κ2) is 8.89. The minimum absolute atomic E-state index is 0.0583. The molecule has 0 saturated heterocycles. The van der Waals surface area contributed by atoms with Gasteiger partial charge in [-0.1, -0.05) is 51.1 Å². The molecule has 0 spiro atoms. The second-order valence-electron chi connectivity index (χ2n) is 8.49. The van der Waals surface area contributed by atoms with Gasteiger partial charge in [-0.3, -0.25) is 0 Å². The molecule has 0 aliphatic heterocycles. The largest absolute Gasteiger partial charge is 0.486 e. The summed E-state index contributed by atoms with van der Waals surface area (Å²) in [6.07, 6.45) is 0.0583. The summed E-state index contributed by atoms with van der Waals surface area (Å²) in [4.78, 5) is 0. The molecule has 0 radical (unpaired) electrons. The van der Waals surface area contributed by atoms with Gasteiger partial charge in [-0.05, 0) is 42.8 Å². The van der Waals surface area contributed by atoms with E-state index in [0.717, 1.165) is 11.3 Å². The second-order valence-corrected chi connectivity index (χ2v) is 13.2. The van der Waals surface area contributed by atoms with Gasteiger partial charge in [0, 0.05) is 18.3 Å². The van der Waals surface area contributed by atoms with Crippen molar-refractivity contribution in [2.45, 2.75) is 58.5 Å². The molecule has 1 unspecified atom stereocenters. The van der Waals surface area contributed by atoms with Crippen LogP contribution in [0.15, 0.2) is 48.5 Å². The van der Waals surface area contributed by atoms with Crippen LogP contribution < -0.4 is 10.1 Å². The van der Waals surface area contributed by atoms with Crippen LogP contribution in [0.4, 0.5) is 10.1 Å². The molecule has 0 bridgehead atoms. The van der Waals surface area contributed by atoms with Crippen LogP contribution in [0, 0.1) is 5.82 Å². The average Bonchev–Trinajstić information content (AvgIpc) is 2.58. The normalized spacial score (nSPS) is 13.3. The van der Waals surface area contributed by atoms with Gasteiger partial charge >= 0.3 is 0 Å². The van der Waals surface area contributed by atoms with Crippen molar-refractivity contribution < 1.29 is 13.6 Å². The Labute approximate surface area is 164 Å². The topological polar surface area (TPSA) is 30.5 Å². The minimum atomic E-state index is -1.80. The highest BCUT2D eigenvalue weighted by molar-refractivity contribution is 6.74. The third-order valence-corrected chi connectivity index (χ3v) is 9.67. The van der Waals surface area contributed by atoms with Gasteiger partial charge in [0.05, 0.1) is 6.10 Å². The molecule has 0 fully saturated rings. The predicted molar refractivity (Wildman–Crippen MR) is 113 cm³/mol. The van der Waals surface area contributed by atoms with Gasteiger partial charge in [0.15, 0.2) is 19.9 Å². The standard InChI is InChI=1S/C22H32FNO2Si/c1-17(26-27(5,6)22(2,3)4)15-24-19-12-13-21(20(23)14-19)25-16-18-10-8-7-9-11-18/h7-14,17,24H,15-16H2,1-6H3. The first-order valence-corrected chi connectivity index (χ1v) is 12.4. The van der Waals surface area contributed by atoms with Crippen LogP contribution >= 0.6 is 0 Å². The molecule has 148 valence electrons. The lowest BCUT2D eigenvalue weighted by atomic mass is 10.2. The number of rotatable bonds is 8. The Morgan fingerprint density at radius 2 is 1.74 bits per heavy atom. The maximum atomic E-state index is 14.3. The molecule has 1 atom stereocenters. The quantitative estimate of drug-likeness (QED) is 0.543. The first kappa shape index (κ1) is 21.4. The Hall–Kier alpha value is -1.85. The molecule has 2 aromatic rings. The van der Waals surface area contributed by atoms with Crippen molar-refractivity contribution in [1.29, 1.82) is 0 Å². The van der Waals surface area contributed by atoms with E-state index in [9.17, 15) is 4.39 Å². The van der Waals surface area contributed by atoms with E-state index in [1.54, 1.807) is 6.07 Å². The molecule has 3 nitrogen and oxygen atoms in total. The van der Waals surface area contributed by atoms with Crippen LogP contribution in [0.1, 0.15) is 33.3 Å². The molecule has 2 aromatic carbocycles. The van der Waals surface area contributed by atoms with E-state index < -0.39 is 8.32 Å². The molecular formula is C22H32FNO2Si. The predicted octanol–water partition coefficient (Wildman–Crippen LogP) is 6.23. The zero-order valence-electron chi connectivity index (χ0n) is 17.3. The lowest BCUT2D eigenvalue weighted by Gasteiger charge is -2.38. The molecule has 0 saturated carbocycles. The highest BCUT2D eigenvalue weighted by Gasteiger charge is 2.38. The summed E-state index contributed by atoms with van der Waals surface area (Å²) in [6, 6.07) is 14.7. The van der Waals surface area contributed by atoms with E-state index in [2.05, 4.69) is 46.1 Å². The summed E-state index contributed by atoms with van der Waals surface area (Å²) in [6.45, 7) is 14.2. The zero-order chi connectivity index (χ0) is 20.1. The lowest BCUT2D eigenvalue weighted by molar-refractivity contribution is 0.211. The Balaban J connectivity index is 1.88. The SMILES string of the molecule is CC(CNc1ccc(OCc2ccccc2)c(F)c1)O[Si](C)(C)C(C)(C)C. The molecule has 27 heavy (non-hydrogen) atoms. The molecule has 1 N–H and O–H groups in total. The Morgan fingerprint density at radius 3 is 2.33 bits per heavy atom. The van der Waals surface area contributed by atoms with Crippen LogP contribution in [0.2, 0.25) is 18.1 Å². The maximum Gasteiger partial charge on any atom is 0.192 e. The molecule has 0 aliphatic rings. The number of hydrogen-bond donors (Lipinski definition) is 1. The fourth-order valence-electron chi connectivity index (χ4n) is 2.45. The van der Waals surface area contributed by atoms with Crippen molar-refractivity contribution in [3.8, 4) is 5.75 Å². The number of anilines is 1. The summed E-state index contributed by atoms with van der Waals surface area (Å²) in [5.74, 6) is -0.108. The monoisotopic (exact) mass is 389 g/mol. The van der Waals surface area contributed by atoms with E-state index >= 15 is 0 Å². The Morgan fingerprint density at radius 1 is 1.07 bits per heavy atom. The third kappa shape index (κ3) is 6.36. The third-order valence-electron chi connectivity index (χ3n) is 5.06. The Kier molecular flexibility index (Phi) is 7.06. The molecule has 0 amide bonds. The van der Waals surface area contributed by atoms with Gasteiger partial charge < -0.3 is 14.5 Å². The van der Waals surface area contributed by atoms with Crippen molar-refractivity contribution >= 4 is 14.0 Å². The fourth-order valence-corrected chi connectivity index (χ4v) is 3.89. The van der Waals surface area contributed by atoms with Crippen molar-refractivity contribution in [3.63, 3.8) is 0 Å². The average molecular weight is 390 g/mol. The molecule has 5 heteroatoms. The van der Waals surface area contributed by atoms with Crippen LogP contribution in [-0.2, 0) is 11.0 Å². The van der Waals surface area contributed by atoms with Gasteiger partial charge in [0.2, 0.25) is 0 Å². The molecule has 0 heterocycles. The Bertz CT molecular complexity index is 729. The summed E-state index contributed by atoms with van der Waals surface area (Å²) in [7, 11) is -1.80. The summed E-state index contributed by atoms with van der Waals surface area (Å²) in [5, 5.41) is 3.43. The van der Waals surface area contributed by atoms with Crippen LogP contribution in [0.25, 0.3) is 0 Å². The highest BCUT2D eigenvalue weighted by atomic mass is 28.4. The van der Waals surface area contributed by atoms with E-state index in [1.165, 1.54) is 6.07 Å². The lowest BCUT2D eigenvalue weighted by Crippen LogP contribution is -2.44. The molecule has 0 aromatic heterocycles.